The third-order valence-corrected chi connectivity index (χ3v) is 4.76. The molecule has 0 heterocycles. The molecule has 1 aromatic rings. The first-order valence-electron chi connectivity index (χ1n) is 8.96. The van der Waals surface area contributed by atoms with Gasteiger partial charge in [-0.2, -0.15) is 0 Å². The van der Waals surface area contributed by atoms with E-state index < -0.39 is 5.97 Å². The number of benzene rings is 1. The smallest absolute Gasteiger partial charge is 0.341 e. The highest BCUT2D eigenvalue weighted by atomic mass is 16.5. The van der Waals surface area contributed by atoms with Crippen LogP contribution in [-0.2, 0) is 16.0 Å². The summed E-state index contributed by atoms with van der Waals surface area (Å²) in [4.78, 5) is 22.9. The zero-order valence-corrected chi connectivity index (χ0v) is 15.4. The van der Waals surface area contributed by atoms with Gasteiger partial charge in [-0.1, -0.05) is 32.9 Å². The highest BCUT2D eigenvalue weighted by Crippen LogP contribution is 2.41. The average molecular weight is 347 g/mol. The van der Waals surface area contributed by atoms with Gasteiger partial charge in [0.2, 0.25) is 5.91 Å². The lowest BCUT2D eigenvalue weighted by molar-refractivity contribution is -0.139. The van der Waals surface area contributed by atoms with Crippen molar-refractivity contribution in [2.75, 3.05) is 13.2 Å². The number of hydrogen-bond acceptors (Lipinski definition) is 3. The largest absolute Gasteiger partial charge is 0.482 e. The van der Waals surface area contributed by atoms with Gasteiger partial charge >= 0.3 is 5.97 Å². The lowest BCUT2D eigenvalue weighted by Crippen LogP contribution is -2.39. The summed E-state index contributed by atoms with van der Waals surface area (Å²) in [5, 5.41) is 11.7. The lowest BCUT2D eigenvalue weighted by Gasteiger charge is -2.38. The van der Waals surface area contributed by atoms with Gasteiger partial charge in [0.15, 0.2) is 6.61 Å². The van der Waals surface area contributed by atoms with Crippen molar-refractivity contribution in [2.24, 2.45) is 17.3 Å². The first kappa shape index (κ1) is 19.3. The highest BCUT2D eigenvalue weighted by Gasteiger charge is 2.35. The first-order valence-corrected chi connectivity index (χ1v) is 8.96. The standard InChI is InChI=1S/C20H29NO4/c1-14-10-16(12-20(2,3)11-14)19(24)21-9-8-15-4-6-17(7-5-15)25-13-18(22)23/h4-7,14,16H,8-13H2,1-3H3,(H,21,24)(H,22,23). The first-order chi connectivity index (χ1) is 11.7. The second-order valence-electron chi connectivity index (χ2n) is 7.98. The van der Waals surface area contributed by atoms with E-state index in [-0.39, 0.29) is 23.8 Å². The van der Waals surface area contributed by atoms with Gasteiger partial charge in [0, 0.05) is 12.5 Å². The number of nitrogens with one attached hydrogen (secondary N) is 1. The topological polar surface area (TPSA) is 75.6 Å². The molecule has 0 aliphatic heterocycles. The van der Waals surface area contributed by atoms with Gasteiger partial charge in [-0.15, -0.1) is 0 Å². The fraction of sp³-hybridized carbons (Fsp3) is 0.600. The van der Waals surface area contributed by atoms with E-state index in [4.69, 9.17) is 9.84 Å². The number of ether oxygens (including phenoxy) is 1. The Bertz CT molecular complexity index is 594. The van der Waals surface area contributed by atoms with Crippen LogP contribution in [0.2, 0.25) is 0 Å². The fourth-order valence-electron chi connectivity index (χ4n) is 3.92. The quantitative estimate of drug-likeness (QED) is 0.794. The van der Waals surface area contributed by atoms with Crippen LogP contribution >= 0.6 is 0 Å². The molecule has 1 fully saturated rings. The van der Waals surface area contributed by atoms with E-state index >= 15 is 0 Å². The molecule has 25 heavy (non-hydrogen) atoms. The molecular weight excluding hydrogens is 318 g/mol. The van der Waals surface area contributed by atoms with E-state index in [9.17, 15) is 9.59 Å². The predicted octanol–water partition coefficient (Wildman–Crippen LogP) is 3.27. The Morgan fingerprint density at radius 1 is 1.24 bits per heavy atom. The van der Waals surface area contributed by atoms with Crippen molar-refractivity contribution in [3.05, 3.63) is 29.8 Å². The van der Waals surface area contributed by atoms with E-state index in [1.54, 1.807) is 12.1 Å². The summed E-state index contributed by atoms with van der Waals surface area (Å²) in [6, 6.07) is 7.31. The molecule has 2 rings (SSSR count). The summed E-state index contributed by atoms with van der Waals surface area (Å²) in [5.74, 6) is 0.421. The molecule has 1 aliphatic rings. The van der Waals surface area contributed by atoms with Crippen molar-refractivity contribution in [3.8, 4) is 5.75 Å². The minimum atomic E-state index is -0.994. The Morgan fingerprint density at radius 2 is 1.92 bits per heavy atom. The van der Waals surface area contributed by atoms with Crippen molar-refractivity contribution in [1.29, 1.82) is 0 Å². The molecule has 138 valence electrons. The molecule has 0 spiro atoms. The van der Waals surface area contributed by atoms with E-state index in [1.165, 1.54) is 6.42 Å². The molecule has 5 heteroatoms. The molecule has 1 aromatic carbocycles. The van der Waals surface area contributed by atoms with E-state index in [1.807, 2.05) is 12.1 Å². The Hall–Kier alpha value is -2.04. The van der Waals surface area contributed by atoms with Gasteiger partial charge in [-0.3, -0.25) is 4.79 Å². The normalized spacial score (nSPS) is 22.2. The van der Waals surface area contributed by atoms with Crippen LogP contribution in [0.4, 0.5) is 0 Å². The molecule has 0 bridgehead atoms. The number of carboxylic acid groups (broad SMARTS) is 1. The number of amides is 1. The number of carboxylic acids is 1. The molecule has 1 aliphatic carbocycles. The molecule has 0 saturated heterocycles. The van der Waals surface area contributed by atoms with Crippen LogP contribution in [0.1, 0.15) is 45.6 Å². The number of carbonyl (C=O) groups is 2. The van der Waals surface area contributed by atoms with Crippen LogP contribution in [0, 0.1) is 17.3 Å². The Labute approximate surface area is 149 Å². The lowest BCUT2D eigenvalue weighted by atomic mass is 9.68. The molecule has 2 unspecified atom stereocenters. The van der Waals surface area contributed by atoms with E-state index in [2.05, 4.69) is 26.1 Å². The third-order valence-electron chi connectivity index (χ3n) is 4.76. The molecule has 5 nitrogen and oxygen atoms in total. The van der Waals surface area contributed by atoms with Crippen molar-refractivity contribution < 1.29 is 19.4 Å². The van der Waals surface area contributed by atoms with Gasteiger partial charge in [-0.25, -0.2) is 4.79 Å². The van der Waals surface area contributed by atoms with Crippen molar-refractivity contribution in [3.63, 3.8) is 0 Å². The second-order valence-corrected chi connectivity index (χ2v) is 7.98. The Kier molecular flexibility index (Phi) is 6.45. The van der Waals surface area contributed by atoms with Crippen LogP contribution in [0.3, 0.4) is 0 Å². The number of rotatable bonds is 7. The number of hydrogen-bond donors (Lipinski definition) is 2. The maximum Gasteiger partial charge on any atom is 0.341 e. The van der Waals surface area contributed by atoms with Crippen LogP contribution in [0.15, 0.2) is 24.3 Å². The van der Waals surface area contributed by atoms with E-state index in [0.29, 0.717) is 18.2 Å². The van der Waals surface area contributed by atoms with Crippen molar-refractivity contribution in [2.45, 2.75) is 46.5 Å². The second kappa shape index (κ2) is 8.37. The monoisotopic (exact) mass is 347 g/mol. The predicted molar refractivity (Wildman–Crippen MR) is 96.6 cm³/mol. The Balaban J connectivity index is 1.76. The van der Waals surface area contributed by atoms with Crippen molar-refractivity contribution >= 4 is 11.9 Å². The molecule has 1 saturated carbocycles. The van der Waals surface area contributed by atoms with Crippen LogP contribution in [0.5, 0.6) is 5.75 Å². The fourth-order valence-corrected chi connectivity index (χ4v) is 3.92. The molecule has 1 amide bonds. The number of aliphatic carboxylic acids is 1. The van der Waals surface area contributed by atoms with Crippen LogP contribution in [-0.4, -0.2) is 30.1 Å². The third kappa shape index (κ3) is 6.40. The SMILES string of the molecule is CC1CC(C(=O)NCCc2ccc(OCC(=O)O)cc2)CC(C)(C)C1. The van der Waals surface area contributed by atoms with E-state index in [0.717, 1.165) is 24.8 Å². The van der Waals surface area contributed by atoms with Gasteiger partial charge < -0.3 is 15.2 Å². The maximum atomic E-state index is 12.4. The van der Waals surface area contributed by atoms with Gasteiger partial charge in [0.1, 0.15) is 5.75 Å². The maximum absolute atomic E-state index is 12.4. The zero-order valence-electron chi connectivity index (χ0n) is 15.4. The Morgan fingerprint density at radius 3 is 2.52 bits per heavy atom. The summed E-state index contributed by atoms with van der Waals surface area (Å²) in [5.41, 5.74) is 1.33. The van der Waals surface area contributed by atoms with Crippen LogP contribution in [0.25, 0.3) is 0 Å². The summed E-state index contributed by atoms with van der Waals surface area (Å²) < 4.78 is 5.10. The molecular formula is C20H29NO4. The molecule has 0 radical (unpaired) electrons. The summed E-state index contributed by atoms with van der Waals surface area (Å²) in [6.45, 7) is 6.99. The molecule has 2 N–H and O–H groups in total. The highest BCUT2D eigenvalue weighted by molar-refractivity contribution is 5.78. The summed E-state index contributed by atoms with van der Waals surface area (Å²) >= 11 is 0. The summed E-state index contributed by atoms with van der Waals surface area (Å²) in [6.07, 6.45) is 3.87. The van der Waals surface area contributed by atoms with Crippen molar-refractivity contribution in [1.82, 2.24) is 5.32 Å². The average Bonchev–Trinajstić information content (AvgIpc) is 2.52. The number of carbonyl (C=O) groups excluding carboxylic acids is 1. The van der Waals surface area contributed by atoms with Crippen LogP contribution < -0.4 is 10.1 Å². The summed E-state index contributed by atoms with van der Waals surface area (Å²) in [7, 11) is 0. The van der Waals surface area contributed by atoms with Gasteiger partial charge in [-0.05, 0) is 54.7 Å². The zero-order chi connectivity index (χ0) is 18.4. The minimum absolute atomic E-state index is 0.116. The minimum Gasteiger partial charge on any atom is -0.482 e. The van der Waals surface area contributed by atoms with Gasteiger partial charge in [0.25, 0.3) is 0 Å². The van der Waals surface area contributed by atoms with Gasteiger partial charge in [0.05, 0.1) is 0 Å². The molecule has 2 atom stereocenters. The molecule has 0 aromatic heterocycles.